The second kappa shape index (κ2) is 3.90. The zero-order valence-corrected chi connectivity index (χ0v) is 9.12. The molecule has 3 N–H and O–H groups in total. The van der Waals surface area contributed by atoms with Gasteiger partial charge >= 0.3 is 0 Å². The van der Waals surface area contributed by atoms with Crippen LogP contribution >= 0.6 is 0 Å². The Hall–Kier alpha value is -1.55. The Bertz CT molecular complexity index is 453. The molecule has 0 amide bonds. The highest BCUT2D eigenvalue weighted by Gasteiger charge is 2.11. The van der Waals surface area contributed by atoms with Crippen LogP contribution in [0.25, 0.3) is 11.3 Å². The molecule has 15 heavy (non-hydrogen) atoms. The lowest BCUT2D eigenvalue weighted by molar-refractivity contribution is 0.927. The minimum atomic E-state index is 0.653. The fourth-order valence-electron chi connectivity index (χ4n) is 1.78. The van der Waals surface area contributed by atoms with Crippen molar-refractivity contribution in [2.75, 3.05) is 6.54 Å². The number of nitrogens with zero attached hydrogens (tertiary/aromatic N) is 2. The van der Waals surface area contributed by atoms with E-state index < -0.39 is 0 Å². The van der Waals surface area contributed by atoms with Crippen LogP contribution in [0.5, 0.6) is 0 Å². The van der Waals surface area contributed by atoms with Crippen molar-refractivity contribution >= 4 is 0 Å². The number of nitrogens with two attached hydrogens (primary N) is 1. The SMILES string of the molecule is Cc1[nH]nc(-c2ccn(C)c2)c1CCN. The average molecular weight is 204 g/mol. The minimum Gasteiger partial charge on any atom is -0.357 e. The van der Waals surface area contributed by atoms with Crippen molar-refractivity contribution < 1.29 is 0 Å². The molecule has 4 nitrogen and oxygen atoms in total. The molecule has 0 aliphatic heterocycles. The molecule has 0 aliphatic carbocycles. The van der Waals surface area contributed by atoms with Gasteiger partial charge in [-0.25, -0.2) is 0 Å². The summed E-state index contributed by atoms with van der Waals surface area (Å²) >= 11 is 0. The van der Waals surface area contributed by atoms with Crippen LogP contribution in [0.3, 0.4) is 0 Å². The molecular formula is C11H16N4. The van der Waals surface area contributed by atoms with Gasteiger partial charge in [0.2, 0.25) is 0 Å². The normalized spacial score (nSPS) is 10.9. The van der Waals surface area contributed by atoms with E-state index in [0.29, 0.717) is 6.54 Å². The molecule has 0 spiro atoms. The molecule has 0 aromatic carbocycles. The summed E-state index contributed by atoms with van der Waals surface area (Å²) < 4.78 is 2.02. The molecule has 2 heterocycles. The monoisotopic (exact) mass is 204 g/mol. The highest BCUT2D eigenvalue weighted by atomic mass is 15.1. The molecule has 80 valence electrons. The summed E-state index contributed by atoms with van der Waals surface area (Å²) in [4.78, 5) is 0. The smallest absolute Gasteiger partial charge is 0.0971 e. The van der Waals surface area contributed by atoms with Crippen molar-refractivity contribution in [1.29, 1.82) is 0 Å². The Morgan fingerprint density at radius 2 is 2.33 bits per heavy atom. The number of H-pyrrole nitrogens is 1. The fourth-order valence-corrected chi connectivity index (χ4v) is 1.78. The zero-order chi connectivity index (χ0) is 10.8. The van der Waals surface area contributed by atoms with Crippen LogP contribution in [0.1, 0.15) is 11.3 Å². The maximum atomic E-state index is 5.59. The van der Waals surface area contributed by atoms with E-state index in [2.05, 4.69) is 22.5 Å². The van der Waals surface area contributed by atoms with E-state index >= 15 is 0 Å². The van der Waals surface area contributed by atoms with Crippen LogP contribution in [0, 0.1) is 6.92 Å². The third-order valence-electron chi connectivity index (χ3n) is 2.57. The summed E-state index contributed by atoms with van der Waals surface area (Å²) in [5.41, 5.74) is 10.1. The van der Waals surface area contributed by atoms with Crippen molar-refractivity contribution in [3.05, 3.63) is 29.7 Å². The molecule has 2 aromatic heterocycles. The van der Waals surface area contributed by atoms with Gasteiger partial charge in [-0.3, -0.25) is 5.10 Å². The van der Waals surface area contributed by atoms with E-state index in [1.165, 1.54) is 5.56 Å². The summed E-state index contributed by atoms with van der Waals surface area (Å²) in [6.07, 6.45) is 4.95. The molecule has 0 atom stereocenters. The standard InChI is InChI=1S/C11H16N4/c1-8-10(3-5-12)11(14-13-8)9-4-6-15(2)7-9/h4,6-7H,3,5,12H2,1-2H3,(H,13,14). The quantitative estimate of drug-likeness (QED) is 0.789. The number of aromatic amines is 1. The van der Waals surface area contributed by atoms with E-state index in [-0.39, 0.29) is 0 Å². The first-order valence-electron chi connectivity index (χ1n) is 5.08. The molecule has 2 rings (SSSR count). The molecule has 0 saturated heterocycles. The van der Waals surface area contributed by atoms with Crippen LogP contribution in [0.2, 0.25) is 0 Å². The van der Waals surface area contributed by atoms with Crippen LogP contribution < -0.4 is 5.73 Å². The summed E-state index contributed by atoms with van der Waals surface area (Å²) in [6.45, 7) is 2.69. The summed E-state index contributed by atoms with van der Waals surface area (Å²) in [7, 11) is 2.01. The van der Waals surface area contributed by atoms with Gasteiger partial charge in [-0.1, -0.05) is 0 Å². The number of rotatable bonds is 3. The topological polar surface area (TPSA) is 59.6 Å². The lowest BCUT2D eigenvalue weighted by Crippen LogP contribution is -2.04. The Balaban J connectivity index is 2.43. The van der Waals surface area contributed by atoms with Crippen molar-refractivity contribution in [1.82, 2.24) is 14.8 Å². The first-order valence-corrected chi connectivity index (χ1v) is 5.08. The van der Waals surface area contributed by atoms with Gasteiger partial charge in [-0.15, -0.1) is 0 Å². The lowest BCUT2D eigenvalue weighted by Gasteiger charge is -1.99. The molecule has 0 aliphatic rings. The summed E-state index contributed by atoms with van der Waals surface area (Å²) in [5.74, 6) is 0. The average Bonchev–Trinajstić information content (AvgIpc) is 2.76. The van der Waals surface area contributed by atoms with Crippen LogP contribution in [0.15, 0.2) is 18.5 Å². The predicted octanol–water partition coefficient (Wildman–Crippen LogP) is 1.22. The van der Waals surface area contributed by atoms with Gasteiger partial charge in [-0.2, -0.15) is 5.10 Å². The number of nitrogens with one attached hydrogen (secondary N) is 1. The third-order valence-corrected chi connectivity index (χ3v) is 2.57. The van der Waals surface area contributed by atoms with Crippen molar-refractivity contribution in [3.63, 3.8) is 0 Å². The van der Waals surface area contributed by atoms with E-state index in [1.54, 1.807) is 0 Å². The molecule has 0 saturated carbocycles. The Kier molecular flexibility index (Phi) is 2.60. The van der Waals surface area contributed by atoms with Crippen molar-refractivity contribution in [3.8, 4) is 11.3 Å². The second-order valence-corrected chi connectivity index (χ2v) is 3.78. The van der Waals surface area contributed by atoms with Gasteiger partial charge in [0.25, 0.3) is 0 Å². The van der Waals surface area contributed by atoms with Gasteiger partial charge in [0.1, 0.15) is 0 Å². The Morgan fingerprint density at radius 3 is 2.93 bits per heavy atom. The van der Waals surface area contributed by atoms with Gasteiger partial charge < -0.3 is 10.3 Å². The van der Waals surface area contributed by atoms with Crippen LogP contribution in [0.4, 0.5) is 0 Å². The third kappa shape index (κ3) is 1.80. The van der Waals surface area contributed by atoms with E-state index in [9.17, 15) is 0 Å². The largest absolute Gasteiger partial charge is 0.357 e. The van der Waals surface area contributed by atoms with Crippen molar-refractivity contribution in [2.45, 2.75) is 13.3 Å². The molecular weight excluding hydrogens is 188 g/mol. The molecule has 0 radical (unpaired) electrons. The van der Waals surface area contributed by atoms with E-state index in [0.717, 1.165) is 23.4 Å². The molecule has 0 bridgehead atoms. The minimum absolute atomic E-state index is 0.653. The molecule has 0 unspecified atom stereocenters. The first kappa shape index (κ1) is 9.98. The Morgan fingerprint density at radius 1 is 1.53 bits per heavy atom. The maximum absolute atomic E-state index is 5.59. The van der Waals surface area contributed by atoms with Crippen molar-refractivity contribution in [2.24, 2.45) is 12.8 Å². The molecule has 4 heteroatoms. The van der Waals surface area contributed by atoms with Crippen LogP contribution in [-0.2, 0) is 13.5 Å². The number of hydrogen-bond acceptors (Lipinski definition) is 2. The van der Waals surface area contributed by atoms with Gasteiger partial charge in [-0.05, 0) is 26.0 Å². The lowest BCUT2D eigenvalue weighted by atomic mass is 10.1. The van der Waals surface area contributed by atoms with Crippen LogP contribution in [-0.4, -0.2) is 21.3 Å². The second-order valence-electron chi connectivity index (χ2n) is 3.78. The van der Waals surface area contributed by atoms with Gasteiger partial charge in [0.15, 0.2) is 0 Å². The zero-order valence-electron chi connectivity index (χ0n) is 9.12. The highest BCUT2D eigenvalue weighted by molar-refractivity contribution is 5.63. The maximum Gasteiger partial charge on any atom is 0.0971 e. The van der Waals surface area contributed by atoms with Gasteiger partial charge in [0.05, 0.1) is 5.69 Å². The fraction of sp³-hybridized carbons (Fsp3) is 0.364. The summed E-state index contributed by atoms with van der Waals surface area (Å²) in [6, 6.07) is 2.07. The highest BCUT2D eigenvalue weighted by Crippen LogP contribution is 2.23. The van der Waals surface area contributed by atoms with Gasteiger partial charge in [0, 0.05) is 36.3 Å². The number of hydrogen-bond donors (Lipinski definition) is 2. The molecule has 2 aromatic rings. The first-order chi connectivity index (χ1) is 7.22. The van der Waals surface area contributed by atoms with E-state index in [4.69, 9.17) is 5.73 Å². The van der Waals surface area contributed by atoms with E-state index in [1.807, 2.05) is 24.7 Å². The number of aryl methyl sites for hydroxylation is 2. The number of aromatic nitrogens is 3. The predicted molar refractivity (Wildman–Crippen MR) is 60.5 cm³/mol. The molecule has 0 fully saturated rings. The summed E-state index contributed by atoms with van der Waals surface area (Å²) in [5, 5.41) is 7.34. The Labute approximate surface area is 89.1 Å².